The Morgan fingerprint density at radius 1 is 1.52 bits per heavy atom. The number of ether oxygens (including phenoxy) is 1. The summed E-state index contributed by atoms with van der Waals surface area (Å²) >= 11 is 5.61. The van der Waals surface area contributed by atoms with Crippen LogP contribution in [0.15, 0.2) is 24.3 Å². The zero-order valence-corrected chi connectivity index (χ0v) is 12.1. The largest absolute Gasteiger partial charge is 0.478 e. The van der Waals surface area contributed by atoms with Crippen molar-refractivity contribution in [2.75, 3.05) is 0 Å². The first-order chi connectivity index (χ1) is 9.88. The highest BCUT2D eigenvalue weighted by Crippen LogP contribution is 2.30. The highest BCUT2D eigenvalue weighted by Gasteiger charge is 2.14. The van der Waals surface area contributed by atoms with E-state index in [0.29, 0.717) is 17.1 Å². The Kier molecular flexibility index (Phi) is 4.28. The van der Waals surface area contributed by atoms with Gasteiger partial charge in [-0.1, -0.05) is 11.6 Å². The molecule has 1 heterocycles. The fraction of sp³-hybridized carbons (Fsp3) is 0.143. The van der Waals surface area contributed by atoms with Crippen molar-refractivity contribution >= 4 is 23.6 Å². The number of hydrogen-bond donors (Lipinski definition) is 1. The standard InChI is InChI=1S/C14H12ClFN2O3/c1-8-10(4-6-13(19)20)14(18(2)17-8)21-9-3-5-11(15)12(16)7-9/h3-7H,1-2H3,(H,19,20)/b6-4+. The number of rotatable bonds is 4. The lowest BCUT2D eigenvalue weighted by Crippen LogP contribution is -1.96. The number of halogens is 2. The number of aromatic nitrogens is 2. The SMILES string of the molecule is Cc1nn(C)c(Oc2ccc(Cl)c(F)c2)c1/C=C/C(=O)O. The van der Waals surface area contributed by atoms with Gasteiger partial charge in [-0.2, -0.15) is 5.10 Å². The summed E-state index contributed by atoms with van der Waals surface area (Å²) in [6.45, 7) is 1.72. The fourth-order valence-electron chi connectivity index (χ4n) is 1.77. The first-order valence-corrected chi connectivity index (χ1v) is 6.34. The van der Waals surface area contributed by atoms with Crippen LogP contribution >= 0.6 is 11.6 Å². The van der Waals surface area contributed by atoms with E-state index in [2.05, 4.69) is 5.10 Å². The van der Waals surface area contributed by atoms with Gasteiger partial charge in [0.05, 0.1) is 16.3 Å². The summed E-state index contributed by atoms with van der Waals surface area (Å²) in [7, 11) is 1.65. The summed E-state index contributed by atoms with van der Waals surface area (Å²) < 4.78 is 20.5. The van der Waals surface area contributed by atoms with E-state index in [1.54, 1.807) is 14.0 Å². The Hall–Kier alpha value is -2.34. The second-order valence-electron chi connectivity index (χ2n) is 4.28. The average Bonchev–Trinajstić information content (AvgIpc) is 2.66. The van der Waals surface area contributed by atoms with Crippen LogP contribution in [-0.2, 0) is 11.8 Å². The molecule has 0 aliphatic rings. The Balaban J connectivity index is 2.39. The molecular weight excluding hydrogens is 299 g/mol. The Morgan fingerprint density at radius 2 is 2.24 bits per heavy atom. The molecule has 0 fully saturated rings. The van der Waals surface area contributed by atoms with E-state index in [1.165, 1.54) is 22.9 Å². The van der Waals surface area contributed by atoms with Crippen LogP contribution in [0.5, 0.6) is 11.6 Å². The highest BCUT2D eigenvalue weighted by atomic mass is 35.5. The Labute approximate surface area is 125 Å². The maximum Gasteiger partial charge on any atom is 0.328 e. The maximum atomic E-state index is 13.4. The molecule has 7 heteroatoms. The van der Waals surface area contributed by atoms with E-state index in [-0.39, 0.29) is 10.8 Å². The summed E-state index contributed by atoms with van der Waals surface area (Å²) in [6.07, 6.45) is 2.37. The van der Waals surface area contributed by atoms with Crippen LogP contribution in [0.4, 0.5) is 4.39 Å². The normalized spacial score (nSPS) is 11.0. The Bertz CT molecular complexity index is 725. The highest BCUT2D eigenvalue weighted by molar-refractivity contribution is 6.30. The quantitative estimate of drug-likeness (QED) is 0.879. The second-order valence-corrected chi connectivity index (χ2v) is 4.68. The first-order valence-electron chi connectivity index (χ1n) is 5.96. The lowest BCUT2D eigenvalue weighted by Gasteiger charge is -2.07. The van der Waals surface area contributed by atoms with Gasteiger partial charge in [-0.05, 0) is 25.1 Å². The van der Waals surface area contributed by atoms with E-state index in [0.717, 1.165) is 12.1 Å². The number of carboxylic acid groups (broad SMARTS) is 1. The second kappa shape index (κ2) is 5.97. The summed E-state index contributed by atoms with van der Waals surface area (Å²) in [5, 5.41) is 12.8. The van der Waals surface area contributed by atoms with E-state index in [4.69, 9.17) is 21.4 Å². The molecule has 0 saturated heterocycles. The molecule has 0 aliphatic carbocycles. The van der Waals surface area contributed by atoms with Crippen LogP contribution in [-0.4, -0.2) is 20.9 Å². The number of carboxylic acids is 1. The average molecular weight is 311 g/mol. The molecule has 0 amide bonds. The molecule has 0 unspecified atom stereocenters. The van der Waals surface area contributed by atoms with Crippen LogP contribution in [0.2, 0.25) is 5.02 Å². The van der Waals surface area contributed by atoms with Crippen molar-refractivity contribution in [2.45, 2.75) is 6.92 Å². The van der Waals surface area contributed by atoms with Crippen LogP contribution in [0.1, 0.15) is 11.3 Å². The summed E-state index contributed by atoms with van der Waals surface area (Å²) in [5.74, 6) is -1.13. The monoisotopic (exact) mass is 310 g/mol. The van der Waals surface area contributed by atoms with Gasteiger partial charge in [-0.3, -0.25) is 0 Å². The van der Waals surface area contributed by atoms with Gasteiger partial charge in [-0.25, -0.2) is 13.9 Å². The topological polar surface area (TPSA) is 64.4 Å². The van der Waals surface area contributed by atoms with Crippen molar-refractivity contribution < 1.29 is 19.0 Å². The zero-order chi connectivity index (χ0) is 15.6. The van der Waals surface area contributed by atoms with Gasteiger partial charge < -0.3 is 9.84 Å². The van der Waals surface area contributed by atoms with Crippen LogP contribution in [0, 0.1) is 12.7 Å². The maximum absolute atomic E-state index is 13.4. The van der Waals surface area contributed by atoms with Crippen molar-refractivity contribution in [3.05, 3.63) is 46.4 Å². The third-order valence-corrected chi connectivity index (χ3v) is 3.02. The molecule has 5 nitrogen and oxygen atoms in total. The van der Waals surface area contributed by atoms with Gasteiger partial charge in [0.15, 0.2) is 0 Å². The third kappa shape index (κ3) is 3.41. The predicted molar refractivity (Wildman–Crippen MR) is 76.1 cm³/mol. The van der Waals surface area contributed by atoms with Crippen LogP contribution < -0.4 is 4.74 Å². The lowest BCUT2D eigenvalue weighted by atomic mass is 10.2. The van der Waals surface area contributed by atoms with Gasteiger partial charge in [0.2, 0.25) is 5.88 Å². The smallest absolute Gasteiger partial charge is 0.328 e. The molecule has 0 saturated carbocycles. The fourth-order valence-corrected chi connectivity index (χ4v) is 1.89. The molecule has 1 aromatic carbocycles. The van der Waals surface area contributed by atoms with Crippen molar-refractivity contribution in [3.8, 4) is 11.6 Å². The third-order valence-electron chi connectivity index (χ3n) is 2.71. The van der Waals surface area contributed by atoms with Gasteiger partial charge >= 0.3 is 5.97 Å². The molecule has 2 rings (SSSR count). The van der Waals surface area contributed by atoms with Crippen molar-refractivity contribution in [3.63, 3.8) is 0 Å². The molecule has 0 bridgehead atoms. The summed E-state index contributed by atoms with van der Waals surface area (Å²) in [6, 6.07) is 4.04. The predicted octanol–water partition coefficient (Wildman–Crippen LogP) is 3.41. The van der Waals surface area contributed by atoms with E-state index in [9.17, 15) is 9.18 Å². The molecule has 1 aromatic heterocycles. The molecule has 0 atom stereocenters. The molecule has 21 heavy (non-hydrogen) atoms. The van der Waals surface area contributed by atoms with E-state index >= 15 is 0 Å². The van der Waals surface area contributed by atoms with Gasteiger partial charge in [0, 0.05) is 19.2 Å². The number of benzene rings is 1. The summed E-state index contributed by atoms with van der Waals surface area (Å²) in [5.41, 5.74) is 1.11. The molecule has 0 aliphatic heterocycles. The molecule has 2 aromatic rings. The number of nitrogens with zero attached hydrogens (tertiary/aromatic N) is 2. The van der Waals surface area contributed by atoms with E-state index in [1.807, 2.05) is 0 Å². The number of aryl methyl sites for hydroxylation is 2. The van der Waals surface area contributed by atoms with Crippen molar-refractivity contribution in [1.82, 2.24) is 9.78 Å². The molecule has 110 valence electrons. The van der Waals surface area contributed by atoms with Crippen LogP contribution in [0.3, 0.4) is 0 Å². The Morgan fingerprint density at radius 3 is 2.86 bits per heavy atom. The van der Waals surface area contributed by atoms with Crippen molar-refractivity contribution in [1.29, 1.82) is 0 Å². The number of carbonyl (C=O) groups is 1. The molecular formula is C14H12ClFN2O3. The number of hydrogen-bond acceptors (Lipinski definition) is 3. The minimum Gasteiger partial charge on any atom is -0.478 e. The first kappa shape index (κ1) is 15.1. The van der Waals surface area contributed by atoms with Gasteiger partial charge in [-0.15, -0.1) is 0 Å². The van der Waals surface area contributed by atoms with Gasteiger partial charge in [0.1, 0.15) is 11.6 Å². The molecule has 0 spiro atoms. The molecule has 1 N–H and O–H groups in total. The molecule has 0 radical (unpaired) electrons. The number of aliphatic carboxylic acids is 1. The van der Waals surface area contributed by atoms with Crippen LogP contribution in [0.25, 0.3) is 6.08 Å². The zero-order valence-electron chi connectivity index (χ0n) is 11.3. The summed E-state index contributed by atoms with van der Waals surface area (Å²) in [4.78, 5) is 10.6. The minimum absolute atomic E-state index is 0.00506. The van der Waals surface area contributed by atoms with E-state index < -0.39 is 11.8 Å². The minimum atomic E-state index is -1.08. The van der Waals surface area contributed by atoms with Gasteiger partial charge in [0.25, 0.3) is 0 Å². The lowest BCUT2D eigenvalue weighted by molar-refractivity contribution is -0.131. The van der Waals surface area contributed by atoms with Crippen molar-refractivity contribution in [2.24, 2.45) is 7.05 Å².